The Morgan fingerprint density at radius 2 is 1.95 bits per heavy atom. The summed E-state index contributed by atoms with van der Waals surface area (Å²) < 4.78 is 17.4. The van der Waals surface area contributed by atoms with Gasteiger partial charge in [0.1, 0.15) is 17.8 Å². The number of ether oxygens (including phenoxy) is 3. The van der Waals surface area contributed by atoms with E-state index in [1.807, 2.05) is 26.2 Å². The molecule has 0 spiro atoms. The van der Waals surface area contributed by atoms with Crippen LogP contribution >= 0.6 is 27.3 Å². The molecule has 0 aromatic carbocycles. The predicted octanol–water partition coefficient (Wildman–Crippen LogP) is 5.96. The van der Waals surface area contributed by atoms with Gasteiger partial charge in [0.15, 0.2) is 0 Å². The number of carbonyl (C=O) groups excluding carboxylic acids is 3. The number of aromatic nitrogens is 1. The first-order chi connectivity index (χ1) is 17.7. The molecule has 1 aliphatic rings. The molecule has 1 aliphatic heterocycles. The molecule has 4 atom stereocenters. The van der Waals surface area contributed by atoms with Crippen molar-refractivity contribution < 1.29 is 28.6 Å². The number of carbonyl (C=O) groups is 3. The summed E-state index contributed by atoms with van der Waals surface area (Å²) in [5.74, 6) is 4.08. The second-order valence-corrected chi connectivity index (χ2v) is 12.7. The van der Waals surface area contributed by atoms with Gasteiger partial charge in [0, 0.05) is 36.1 Å². The largest absolute Gasteiger partial charge is 0.462 e. The van der Waals surface area contributed by atoms with Crippen molar-refractivity contribution in [2.75, 3.05) is 0 Å². The Labute approximate surface area is 237 Å². The van der Waals surface area contributed by atoms with E-state index in [2.05, 4.69) is 33.1 Å². The third kappa shape index (κ3) is 12.3. The minimum absolute atomic E-state index is 0.00672. The summed E-state index contributed by atoms with van der Waals surface area (Å²) in [4.78, 5) is 42.4. The van der Waals surface area contributed by atoms with E-state index in [-0.39, 0.29) is 12.3 Å². The summed E-state index contributed by atoms with van der Waals surface area (Å²) >= 11 is 4.87. The number of allylic oxidation sites excluding steroid dienone is 2. The number of nitrogens with zero attached hydrogens (tertiary/aromatic N) is 1. The highest BCUT2D eigenvalue weighted by Gasteiger charge is 2.26. The van der Waals surface area contributed by atoms with Gasteiger partial charge in [-0.05, 0) is 64.6 Å². The summed E-state index contributed by atoms with van der Waals surface area (Å²) in [5.41, 5.74) is 1.01. The highest BCUT2D eigenvalue weighted by Crippen LogP contribution is 2.26. The monoisotopic (exact) mass is 608 g/mol. The number of hydrogen-bond acceptors (Lipinski definition) is 8. The average molecular weight is 610 g/mol. The first kappa shape index (κ1) is 31.6. The van der Waals surface area contributed by atoms with Crippen LogP contribution in [-0.4, -0.2) is 46.9 Å². The number of nitrogens with one attached hydrogen (secondary N) is 1. The summed E-state index contributed by atoms with van der Waals surface area (Å²) in [7, 11) is 0. The van der Waals surface area contributed by atoms with Gasteiger partial charge < -0.3 is 19.5 Å². The fraction of sp³-hybridized carbons (Fsp3) is 0.571. The number of thiazole rings is 1. The number of cyclic esters (lactones) is 2. The zero-order valence-electron chi connectivity index (χ0n) is 23.1. The van der Waals surface area contributed by atoms with Crippen LogP contribution in [0.2, 0.25) is 0 Å². The molecule has 0 aliphatic carbocycles. The minimum atomic E-state index is -0.669. The number of fused-ring (bicyclic) bond motifs is 2. The van der Waals surface area contributed by atoms with Gasteiger partial charge >= 0.3 is 18.0 Å². The van der Waals surface area contributed by atoms with Gasteiger partial charge in [-0.1, -0.05) is 34.3 Å². The molecule has 1 aromatic rings. The molecular weight excluding hydrogens is 572 g/mol. The third-order valence-corrected chi connectivity index (χ3v) is 6.48. The van der Waals surface area contributed by atoms with Crippen LogP contribution in [0.15, 0.2) is 27.6 Å². The standard InChI is InChI=1S/C28H37BrN2O6S/c1-17-9-8-10-25(32)36-22(13-19(3)29)15-24-31-23(16-38-24)18(2)12-21(14-26(33)35-20(4)11-17)30-27(34)37-28(5,6)7/h9,13,16,18,20-22H,11-12,14-15H2,1-7H3,(H,30,34)/b17-9+,19-13+/t18-,20-,21+,22+/m0/s1. The number of halogens is 1. The number of rotatable bonds is 2. The molecule has 2 rings (SSSR count). The van der Waals surface area contributed by atoms with Crippen LogP contribution < -0.4 is 5.32 Å². The lowest BCUT2D eigenvalue weighted by Crippen LogP contribution is -2.41. The van der Waals surface area contributed by atoms with Crippen molar-refractivity contribution in [3.63, 3.8) is 0 Å². The maximum Gasteiger partial charge on any atom is 0.407 e. The molecule has 1 aromatic heterocycles. The Morgan fingerprint density at radius 1 is 1.24 bits per heavy atom. The molecule has 208 valence electrons. The summed E-state index contributed by atoms with van der Waals surface area (Å²) in [6, 6.07) is -0.512. The zero-order chi connectivity index (χ0) is 28.5. The first-order valence-electron chi connectivity index (χ1n) is 12.5. The molecule has 10 heteroatoms. The number of amides is 1. The molecule has 2 heterocycles. The van der Waals surface area contributed by atoms with Crippen LogP contribution in [0.25, 0.3) is 0 Å². The van der Waals surface area contributed by atoms with E-state index in [9.17, 15) is 14.4 Å². The fourth-order valence-electron chi connectivity index (χ4n) is 3.84. The molecular formula is C28H37BrN2O6S. The summed E-state index contributed by atoms with van der Waals surface area (Å²) in [5, 5.41) is 5.57. The molecule has 0 radical (unpaired) electrons. The average Bonchev–Trinajstić information content (AvgIpc) is 3.19. The van der Waals surface area contributed by atoms with E-state index >= 15 is 0 Å². The lowest BCUT2D eigenvalue weighted by molar-refractivity contribution is -0.148. The molecule has 2 bridgehead atoms. The SMILES string of the molecule is C/C(Br)=C\[C@@H]1Cc2nc(cs2)[C@@H](C)C[C@@H](NC(=O)OC(C)(C)C)CC(=O)O[C@@H](C)C/C(C)=C/C#CC(=O)O1. The molecule has 0 saturated heterocycles. The Balaban J connectivity index is 2.35. The van der Waals surface area contributed by atoms with Crippen molar-refractivity contribution in [2.24, 2.45) is 0 Å². The van der Waals surface area contributed by atoms with Crippen molar-refractivity contribution in [1.29, 1.82) is 0 Å². The molecule has 1 N–H and O–H groups in total. The Kier molecular flexibility index (Phi) is 12.0. The van der Waals surface area contributed by atoms with Crippen LogP contribution in [0.1, 0.15) is 84.3 Å². The van der Waals surface area contributed by atoms with Gasteiger partial charge in [-0.3, -0.25) is 4.79 Å². The van der Waals surface area contributed by atoms with Crippen LogP contribution in [-0.2, 0) is 30.2 Å². The highest BCUT2D eigenvalue weighted by atomic mass is 79.9. The first-order valence-corrected chi connectivity index (χ1v) is 14.2. The third-order valence-electron chi connectivity index (χ3n) is 5.33. The molecule has 0 fully saturated rings. The van der Waals surface area contributed by atoms with Crippen LogP contribution in [0.5, 0.6) is 0 Å². The van der Waals surface area contributed by atoms with Gasteiger partial charge in [0.25, 0.3) is 0 Å². The molecule has 38 heavy (non-hydrogen) atoms. The summed E-state index contributed by atoms with van der Waals surface area (Å²) in [6.07, 6.45) is 3.17. The van der Waals surface area contributed by atoms with Gasteiger partial charge in [-0.25, -0.2) is 14.6 Å². The maximum atomic E-state index is 12.8. The zero-order valence-corrected chi connectivity index (χ0v) is 25.5. The van der Waals surface area contributed by atoms with Gasteiger partial charge in [0.05, 0.1) is 17.1 Å². The Hall–Kier alpha value is -2.64. The van der Waals surface area contributed by atoms with Gasteiger partial charge in [-0.2, -0.15) is 0 Å². The number of alkyl carbamates (subject to hydrolysis) is 1. The van der Waals surface area contributed by atoms with Crippen molar-refractivity contribution in [3.8, 4) is 11.8 Å². The van der Waals surface area contributed by atoms with E-state index in [4.69, 9.17) is 19.2 Å². The van der Waals surface area contributed by atoms with Gasteiger partial charge in [0.2, 0.25) is 0 Å². The lowest BCUT2D eigenvalue weighted by Gasteiger charge is -2.25. The van der Waals surface area contributed by atoms with E-state index in [0.717, 1.165) is 20.8 Å². The van der Waals surface area contributed by atoms with Gasteiger partial charge in [-0.15, -0.1) is 11.3 Å². The smallest absolute Gasteiger partial charge is 0.407 e. The molecule has 0 unspecified atom stereocenters. The van der Waals surface area contributed by atoms with Crippen molar-refractivity contribution in [1.82, 2.24) is 10.3 Å². The Bertz CT molecular complexity index is 1120. The van der Waals surface area contributed by atoms with E-state index in [1.165, 1.54) is 11.3 Å². The Morgan fingerprint density at radius 3 is 2.61 bits per heavy atom. The molecule has 1 amide bonds. The predicted molar refractivity (Wildman–Crippen MR) is 151 cm³/mol. The summed E-state index contributed by atoms with van der Waals surface area (Å²) in [6.45, 7) is 12.8. The quantitative estimate of drug-likeness (QED) is 0.191. The normalized spacial score (nSPS) is 25.7. The van der Waals surface area contributed by atoms with Crippen molar-refractivity contribution in [2.45, 2.75) is 104 Å². The second-order valence-electron chi connectivity index (χ2n) is 10.5. The number of hydrogen-bond donors (Lipinski definition) is 1. The van der Waals surface area contributed by atoms with E-state index in [1.54, 1.807) is 39.8 Å². The van der Waals surface area contributed by atoms with Crippen LogP contribution in [0.3, 0.4) is 0 Å². The van der Waals surface area contributed by atoms with Crippen LogP contribution in [0, 0.1) is 11.8 Å². The van der Waals surface area contributed by atoms with Crippen molar-refractivity contribution in [3.05, 3.63) is 38.3 Å². The minimum Gasteiger partial charge on any atom is -0.462 e. The van der Waals surface area contributed by atoms with E-state index in [0.29, 0.717) is 19.3 Å². The topological polar surface area (TPSA) is 104 Å². The molecule has 0 saturated carbocycles. The van der Waals surface area contributed by atoms with E-state index < -0.39 is 41.9 Å². The van der Waals surface area contributed by atoms with Crippen LogP contribution in [0.4, 0.5) is 4.79 Å². The maximum absolute atomic E-state index is 12.8. The fourth-order valence-corrected chi connectivity index (χ4v) is 5.09. The highest BCUT2D eigenvalue weighted by molar-refractivity contribution is 9.11. The lowest BCUT2D eigenvalue weighted by atomic mass is 9.97. The molecule has 8 nitrogen and oxygen atoms in total. The number of esters is 2. The van der Waals surface area contributed by atoms with Crippen molar-refractivity contribution >= 4 is 45.3 Å². The second kappa shape index (κ2) is 14.5.